The molecule has 3 heteroatoms. The normalized spacial score (nSPS) is 20.2. The molecule has 0 spiro atoms. The quantitative estimate of drug-likeness (QED) is 0.583. The van der Waals surface area contributed by atoms with Gasteiger partial charge in [-0.2, -0.15) is 0 Å². The molecule has 0 aromatic rings. The van der Waals surface area contributed by atoms with Crippen LogP contribution >= 0.6 is 0 Å². The minimum absolute atomic E-state index is 0.0150. The predicted octanol–water partition coefficient (Wildman–Crippen LogP) is 0.00230. The third kappa shape index (κ3) is 2.82. The number of amides is 1. The Bertz CT molecular complexity index is 124. The largest absolute Gasteiger partial charge is 0.353 e. The van der Waals surface area contributed by atoms with Crippen molar-refractivity contribution in [3.8, 4) is 0 Å². The molecule has 1 rings (SSSR count). The molecule has 1 amide bonds. The van der Waals surface area contributed by atoms with Crippen molar-refractivity contribution in [2.24, 2.45) is 5.73 Å². The summed E-state index contributed by atoms with van der Waals surface area (Å²) >= 11 is 0. The molecule has 3 nitrogen and oxygen atoms in total. The SMILES string of the molecule is CC(N)CC(=O)NC1CC1. The lowest BCUT2D eigenvalue weighted by Crippen LogP contribution is -2.31. The van der Waals surface area contributed by atoms with E-state index in [2.05, 4.69) is 5.32 Å². The molecule has 0 heterocycles. The van der Waals surface area contributed by atoms with Gasteiger partial charge in [-0.05, 0) is 19.8 Å². The number of nitrogens with two attached hydrogens (primary N) is 1. The van der Waals surface area contributed by atoms with Gasteiger partial charge in [0.25, 0.3) is 0 Å². The van der Waals surface area contributed by atoms with Gasteiger partial charge in [0.2, 0.25) is 5.91 Å². The second-order valence-corrected chi connectivity index (χ2v) is 3.02. The zero-order valence-electron chi connectivity index (χ0n) is 6.26. The van der Waals surface area contributed by atoms with E-state index in [9.17, 15) is 4.79 Å². The van der Waals surface area contributed by atoms with Crippen LogP contribution in [0.3, 0.4) is 0 Å². The summed E-state index contributed by atoms with van der Waals surface area (Å²) in [6.07, 6.45) is 2.74. The van der Waals surface area contributed by atoms with Crippen LogP contribution in [-0.4, -0.2) is 18.0 Å². The number of hydrogen-bond donors (Lipinski definition) is 2. The Morgan fingerprint density at radius 2 is 2.40 bits per heavy atom. The van der Waals surface area contributed by atoms with Gasteiger partial charge in [-0.1, -0.05) is 0 Å². The minimum Gasteiger partial charge on any atom is -0.353 e. The van der Waals surface area contributed by atoms with Crippen LogP contribution in [0.2, 0.25) is 0 Å². The molecule has 1 unspecified atom stereocenters. The summed E-state index contributed by atoms with van der Waals surface area (Å²) in [6, 6.07) is 0.449. The summed E-state index contributed by atoms with van der Waals surface area (Å²) in [5.41, 5.74) is 5.43. The van der Waals surface area contributed by atoms with Crippen molar-refractivity contribution in [1.82, 2.24) is 5.32 Å². The standard InChI is InChI=1S/C7H14N2O/c1-5(8)4-7(10)9-6-2-3-6/h5-6H,2-4,8H2,1H3,(H,9,10). The van der Waals surface area contributed by atoms with E-state index in [-0.39, 0.29) is 11.9 Å². The molecule has 1 saturated carbocycles. The molecule has 0 aromatic heterocycles. The summed E-state index contributed by atoms with van der Waals surface area (Å²) in [7, 11) is 0. The van der Waals surface area contributed by atoms with E-state index in [1.54, 1.807) is 0 Å². The Kier molecular flexibility index (Phi) is 2.27. The number of carbonyl (C=O) groups excluding carboxylic acids is 1. The first-order valence-electron chi connectivity index (χ1n) is 3.73. The average molecular weight is 142 g/mol. The summed E-state index contributed by atoms with van der Waals surface area (Å²) < 4.78 is 0. The number of carbonyl (C=O) groups is 1. The number of nitrogens with one attached hydrogen (secondary N) is 1. The van der Waals surface area contributed by atoms with E-state index in [0.29, 0.717) is 12.5 Å². The molecule has 58 valence electrons. The lowest BCUT2D eigenvalue weighted by atomic mass is 10.2. The summed E-state index contributed by atoms with van der Waals surface area (Å²) in [4.78, 5) is 10.9. The van der Waals surface area contributed by atoms with Crippen molar-refractivity contribution in [3.05, 3.63) is 0 Å². The zero-order valence-corrected chi connectivity index (χ0v) is 6.26. The van der Waals surface area contributed by atoms with Gasteiger partial charge < -0.3 is 11.1 Å². The molecule has 0 radical (unpaired) electrons. The molecule has 1 fully saturated rings. The van der Waals surface area contributed by atoms with Crippen LogP contribution in [-0.2, 0) is 4.79 Å². The molecule has 3 N–H and O–H groups in total. The highest BCUT2D eigenvalue weighted by Gasteiger charge is 2.23. The van der Waals surface area contributed by atoms with Crippen molar-refractivity contribution >= 4 is 5.91 Å². The van der Waals surface area contributed by atoms with Crippen LogP contribution in [0.25, 0.3) is 0 Å². The third-order valence-electron chi connectivity index (χ3n) is 1.45. The fourth-order valence-electron chi connectivity index (χ4n) is 0.807. The number of rotatable bonds is 3. The predicted molar refractivity (Wildman–Crippen MR) is 39.4 cm³/mol. The van der Waals surface area contributed by atoms with Crippen molar-refractivity contribution in [2.45, 2.75) is 38.3 Å². The van der Waals surface area contributed by atoms with Gasteiger partial charge in [-0.15, -0.1) is 0 Å². The Morgan fingerprint density at radius 3 is 2.80 bits per heavy atom. The molecular weight excluding hydrogens is 128 g/mol. The lowest BCUT2D eigenvalue weighted by molar-refractivity contribution is -0.121. The van der Waals surface area contributed by atoms with E-state index in [1.807, 2.05) is 6.92 Å². The van der Waals surface area contributed by atoms with Crippen LogP contribution in [0.15, 0.2) is 0 Å². The van der Waals surface area contributed by atoms with Gasteiger partial charge in [-0.3, -0.25) is 4.79 Å². The molecule has 10 heavy (non-hydrogen) atoms. The average Bonchev–Trinajstić information content (AvgIpc) is 2.46. The fraction of sp³-hybridized carbons (Fsp3) is 0.857. The van der Waals surface area contributed by atoms with Crippen molar-refractivity contribution in [1.29, 1.82) is 0 Å². The Labute approximate surface area is 61.0 Å². The van der Waals surface area contributed by atoms with E-state index in [1.165, 1.54) is 0 Å². The van der Waals surface area contributed by atoms with E-state index >= 15 is 0 Å². The highest BCUT2D eigenvalue weighted by Crippen LogP contribution is 2.18. The molecule has 1 atom stereocenters. The summed E-state index contributed by atoms with van der Waals surface area (Å²) in [6.45, 7) is 1.84. The Hall–Kier alpha value is -0.570. The smallest absolute Gasteiger partial charge is 0.221 e. The van der Waals surface area contributed by atoms with Gasteiger partial charge in [0.15, 0.2) is 0 Å². The van der Waals surface area contributed by atoms with Crippen LogP contribution in [0.4, 0.5) is 0 Å². The molecule has 0 bridgehead atoms. The maximum atomic E-state index is 10.9. The number of hydrogen-bond acceptors (Lipinski definition) is 2. The van der Waals surface area contributed by atoms with Crippen LogP contribution < -0.4 is 11.1 Å². The van der Waals surface area contributed by atoms with Crippen molar-refractivity contribution in [3.63, 3.8) is 0 Å². The molecule has 0 saturated heterocycles. The third-order valence-corrected chi connectivity index (χ3v) is 1.45. The van der Waals surface area contributed by atoms with E-state index < -0.39 is 0 Å². The minimum atomic E-state index is -0.0150. The van der Waals surface area contributed by atoms with Gasteiger partial charge in [0.05, 0.1) is 0 Å². The van der Waals surface area contributed by atoms with E-state index in [4.69, 9.17) is 5.73 Å². The van der Waals surface area contributed by atoms with Crippen molar-refractivity contribution in [2.75, 3.05) is 0 Å². The highest BCUT2D eigenvalue weighted by atomic mass is 16.1. The highest BCUT2D eigenvalue weighted by molar-refractivity contribution is 5.77. The zero-order chi connectivity index (χ0) is 7.56. The second kappa shape index (κ2) is 3.01. The molecule has 1 aliphatic carbocycles. The summed E-state index contributed by atoms with van der Waals surface area (Å²) in [5.74, 6) is 0.0949. The first kappa shape index (κ1) is 7.54. The Balaban J connectivity index is 2.08. The maximum Gasteiger partial charge on any atom is 0.221 e. The fourth-order valence-corrected chi connectivity index (χ4v) is 0.807. The van der Waals surface area contributed by atoms with Gasteiger partial charge in [0.1, 0.15) is 0 Å². The topological polar surface area (TPSA) is 55.1 Å². The molecular formula is C7H14N2O. The lowest BCUT2D eigenvalue weighted by Gasteiger charge is -2.04. The van der Waals surface area contributed by atoms with Gasteiger partial charge >= 0.3 is 0 Å². The van der Waals surface area contributed by atoms with Gasteiger partial charge in [0, 0.05) is 18.5 Å². The molecule has 1 aliphatic rings. The first-order chi connectivity index (χ1) is 4.68. The van der Waals surface area contributed by atoms with Crippen molar-refractivity contribution < 1.29 is 4.79 Å². The molecule has 0 aromatic carbocycles. The van der Waals surface area contributed by atoms with Crippen LogP contribution in [0, 0.1) is 0 Å². The maximum absolute atomic E-state index is 10.9. The Morgan fingerprint density at radius 1 is 1.80 bits per heavy atom. The van der Waals surface area contributed by atoms with E-state index in [0.717, 1.165) is 12.8 Å². The molecule has 0 aliphatic heterocycles. The van der Waals surface area contributed by atoms with Crippen LogP contribution in [0.5, 0.6) is 0 Å². The first-order valence-corrected chi connectivity index (χ1v) is 3.73. The second-order valence-electron chi connectivity index (χ2n) is 3.02. The summed E-state index contributed by atoms with van der Waals surface area (Å²) in [5, 5.41) is 2.87. The van der Waals surface area contributed by atoms with Crippen LogP contribution in [0.1, 0.15) is 26.2 Å². The monoisotopic (exact) mass is 142 g/mol. The van der Waals surface area contributed by atoms with Gasteiger partial charge in [-0.25, -0.2) is 0 Å².